The quantitative estimate of drug-likeness (QED) is 0.877. The van der Waals surface area contributed by atoms with Crippen LogP contribution in [0.25, 0.3) is 0 Å². The molecule has 0 radical (unpaired) electrons. The summed E-state index contributed by atoms with van der Waals surface area (Å²) in [7, 11) is 1.51. The number of nitrogens with one attached hydrogen (secondary N) is 1. The molecule has 0 aliphatic rings. The Labute approximate surface area is 110 Å². The monoisotopic (exact) mass is 258 g/mol. The second kappa shape index (κ2) is 5.97. The maximum absolute atomic E-state index is 12.0. The lowest BCUT2D eigenvalue weighted by atomic mass is 10.1. The molecule has 1 amide bonds. The predicted octanol–water partition coefficient (Wildman–Crippen LogP) is 1.83. The van der Waals surface area contributed by atoms with Crippen LogP contribution in [-0.2, 0) is 6.61 Å². The SMILES string of the molecule is COc1ccc(C(=O)Nc2ccccc2CO)cn1. The fraction of sp³-hybridized carbons (Fsp3) is 0.143. The molecule has 1 aromatic heterocycles. The van der Waals surface area contributed by atoms with E-state index in [1.807, 2.05) is 0 Å². The van der Waals surface area contributed by atoms with Crippen molar-refractivity contribution in [2.24, 2.45) is 0 Å². The summed E-state index contributed by atoms with van der Waals surface area (Å²) >= 11 is 0. The Hall–Kier alpha value is -2.40. The molecule has 98 valence electrons. The summed E-state index contributed by atoms with van der Waals surface area (Å²) in [5.74, 6) is 0.170. The van der Waals surface area contributed by atoms with Crippen molar-refractivity contribution >= 4 is 11.6 Å². The summed E-state index contributed by atoms with van der Waals surface area (Å²) < 4.78 is 4.93. The van der Waals surface area contributed by atoms with E-state index in [1.165, 1.54) is 13.3 Å². The zero-order valence-corrected chi connectivity index (χ0v) is 10.5. The van der Waals surface area contributed by atoms with Crippen LogP contribution in [0.4, 0.5) is 5.69 Å². The maximum Gasteiger partial charge on any atom is 0.257 e. The van der Waals surface area contributed by atoms with Crippen molar-refractivity contribution in [2.45, 2.75) is 6.61 Å². The van der Waals surface area contributed by atoms with Gasteiger partial charge in [-0.05, 0) is 12.1 Å². The Bertz CT molecular complexity index is 567. The second-order valence-electron chi connectivity index (χ2n) is 3.86. The lowest BCUT2D eigenvalue weighted by molar-refractivity contribution is 0.102. The number of pyridine rings is 1. The van der Waals surface area contributed by atoms with Crippen LogP contribution in [0.2, 0.25) is 0 Å². The molecule has 0 saturated heterocycles. The van der Waals surface area contributed by atoms with E-state index in [-0.39, 0.29) is 12.5 Å². The van der Waals surface area contributed by atoms with Crippen molar-refractivity contribution in [1.82, 2.24) is 4.98 Å². The van der Waals surface area contributed by atoms with Crippen molar-refractivity contribution in [3.05, 3.63) is 53.7 Å². The first kappa shape index (κ1) is 13.0. The van der Waals surface area contributed by atoms with Crippen molar-refractivity contribution in [3.8, 4) is 5.88 Å². The smallest absolute Gasteiger partial charge is 0.257 e. The lowest BCUT2D eigenvalue weighted by Gasteiger charge is -2.09. The molecule has 1 aromatic carbocycles. The van der Waals surface area contributed by atoms with Gasteiger partial charge in [-0.3, -0.25) is 4.79 Å². The lowest BCUT2D eigenvalue weighted by Crippen LogP contribution is -2.13. The number of rotatable bonds is 4. The summed E-state index contributed by atoms with van der Waals surface area (Å²) in [5, 5.41) is 11.9. The molecule has 0 fully saturated rings. The number of nitrogens with zero attached hydrogens (tertiary/aromatic N) is 1. The number of methoxy groups -OCH3 is 1. The molecule has 19 heavy (non-hydrogen) atoms. The van der Waals surface area contributed by atoms with Gasteiger partial charge in [-0.2, -0.15) is 0 Å². The Morgan fingerprint density at radius 1 is 1.32 bits per heavy atom. The van der Waals surface area contributed by atoms with Crippen LogP contribution in [0.3, 0.4) is 0 Å². The number of aliphatic hydroxyl groups excluding tert-OH is 1. The molecular formula is C14H14N2O3. The second-order valence-corrected chi connectivity index (χ2v) is 3.86. The third-order valence-corrected chi connectivity index (χ3v) is 2.64. The van der Waals surface area contributed by atoms with E-state index < -0.39 is 0 Å². The minimum absolute atomic E-state index is 0.128. The van der Waals surface area contributed by atoms with Crippen LogP contribution in [-0.4, -0.2) is 23.1 Å². The molecule has 0 saturated carbocycles. The van der Waals surface area contributed by atoms with Gasteiger partial charge in [-0.15, -0.1) is 0 Å². The number of carbonyl (C=O) groups is 1. The van der Waals surface area contributed by atoms with Gasteiger partial charge in [0.1, 0.15) is 0 Å². The first-order chi connectivity index (χ1) is 9.24. The van der Waals surface area contributed by atoms with Gasteiger partial charge < -0.3 is 15.2 Å². The zero-order valence-electron chi connectivity index (χ0n) is 10.5. The molecule has 5 nitrogen and oxygen atoms in total. The highest BCUT2D eigenvalue weighted by atomic mass is 16.5. The van der Waals surface area contributed by atoms with Gasteiger partial charge in [0.05, 0.1) is 19.3 Å². The molecule has 2 N–H and O–H groups in total. The summed E-state index contributed by atoms with van der Waals surface area (Å²) in [6.07, 6.45) is 1.44. The first-order valence-electron chi connectivity index (χ1n) is 5.74. The number of aliphatic hydroxyl groups is 1. The van der Waals surface area contributed by atoms with Crippen molar-refractivity contribution in [1.29, 1.82) is 0 Å². The summed E-state index contributed by atoms with van der Waals surface area (Å²) in [6, 6.07) is 10.3. The Morgan fingerprint density at radius 3 is 2.74 bits per heavy atom. The van der Waals surface area contributed by atoms with E-state index in [1.54, 1.807) is 36.4 Å². The van der Waals surface area contributed by atoms with Crippen LogP contribution in [0.1, 0.15) is 15.9 Å². The number of hydrogen-bond donors (Lipinski definition) is 2. The molecular weight excluding hydrogens is 244 g/mol. The van der Waals surface area contributed by atoms with Crippen LogP contribution >= 0.6 is 0 Å². The standard InChI is InChI=1S/C14H14N2O3/c1-19-13-7-6-10(8-15-13)14(18)16-12-5-3-2-4-11(12)9-17/h2-8,17H,9H2,1H3,(H,16,18). The summed E-state index contributed by atoms with van der Waals surface area (Å²) in [4.78, 5) is 16.0. The molecule has 0 bridgehead atoms. The molecule has 2 aromatic rings. The third-order valence-electron chi connectivity index (χ3n) is 2.64. The fourth-order valence-corrected chi connectivity index (χ4v) is 1.61. The van der Waals surface area contributed by atoms with Crippen LogP contribution in [0.15, 0.2) is 42.6 Å². The minimum Gasteiger partial charge on any atom is -0.481 e. The van der Waals surface area contributed by atoms with Crippen LogP contribution in [0, 0.1) is 0 Å². The highest BCUT2D eigenvalue weighted by Gasteiger charge is 2.09. The van der Waals surface area contributed by atoms with Gasteiger partial charge in [0.25, 0.3) is 5.91 Å². The third kappa shape index (κ3) is 3.08. The molecule has 0 atom stereocenters. The zero-order chi connectivity index (χ0) is 13.7. The van der Waals surface area contributed by atoms with E-state index in [9.17, 15) is 9.90 Å². The van der Waals surface area contributed by atoms with Gasteiger partial charge in [0, 0.05) is 23.5 Å². The number of anilines is 1. The van der Waals surface area contributed by atoms with Crippen molar-refractivity contribution < 1.29 is 14.6 Å². The largest absolute Gasteiger partial charge is 0.481 e. The Balaban J connectivity index is 2.16. The maximum atomic E-state index is 12.0. The molecule has 0 spiro atoms. The highest BCUT2D eigenvalue weighted by molar-refractivity contribution is 6.04. The van der Waals surface area contributed by atoms with Crippen molar-refractivity contribution in [3.63, 3.8) is 0 Å². The van der Waals surface area contributed by atoms with Crippen LogP contribution < -0.4 is 10.1 Å². The summed E-state index contributed by atoms with van der Waals surface area (Å²) in [5.41, 5.74) is 1.68. The van der Waals surface area contributed by atoms with Gasteiger partial charge >= 0.3 is 0 Å². The highest BCUT2D eigenvalue weighted by Crippen LogP contribution is 2.16. The average Bonchev–Trinajstić information content (AvgIpc) is 2.48. The number of benzene rings is 1. The van der Waals surface area contributed by atoms with E-state index in [2.05, 4.69) is 10.3 Å². The van der Waals surface area contributed by atoms with E-state index >= 15 is 0 Å². The van der Waals surface area contributed by atoms with Crippen molar-refractivity contribution in [2.75, 3.05) is 12.4 Å². The first-order valence-corrected chi connectivity index (χ1v) is 5.74. The Morgan fingerprint density at radius 2 is 2.11 bits per heavy atom. The van der Waals surface area contributed by atoms with Crippen LogP contribution in [0.5, 0.6) is 5.88 Å². The molecule has 2 rings (SSSR count). The molecule has 1 heterocycles. The molecule has 0 aliphatic heterocycles. The predicted molar refractivity (Wildman–Crippen MR) is 71.1 cm³/mol. The number of para-hydroxylation sites is 1. The molecule has 0 aliphatic carbocycles. The van der Waals surface area contributed by atoms with Gasteiger partial charge in [0.15, 0.2) is 0 Å². The number of carbonyl (C=O) groups excluding carboxylic acids is 1. The fourth-order valence-electron chi connectivity index (χ4n) is 1.61. The topological polar surface area (TPSA) is 71.5 Å². The number of aromatic nitrogens is 1. The number of amides is 1. The number of hydrogen-bond acceptors (Lipinski definition) is 4. The van der Waals surface area contributed by atoms with Gasteiger partial charge in [-0.25, -0.2) is 4.98 Å². The Kier molecular flexibility index (Phi) is 4.10. The normalized spacial score (nSPS) is 10.0. The average molecular weight is 258 g/mol. The molecule has 0 unspecified atom stereocenters. The van der Waals surface area contributed by atoms with E-state index in [4.69, 9.17) is 4.74 Å². The number of ether oxygens (including phenoxy) is 1. The summed E-state index contributed by atoms with van der Waals surface area (Å²) in [6.45, 7) is -0.128. The van der Waals surface area contributed by atoms with Gasteiger partial charge in [0.2, 0.25) is 5.88 Å². The van der Waals surface area contributed by atoms with E-state index in [0.29, 0.717) is 22.7 Å². The minimum atomic E-state index is -0.281. The van der Waals surface area contributed by atoms with E-state index in [0.717, 1.165) is 0 Å². The molecule has 5 heteroatoms. The van der Waals surface area contributed by atoms with Gasteiger partial charge in [-0.1, -0.05) is 18.2 Å².